The maximum absolute atomic E-state index is 13.4. The van der Waals surface area contributed by atoms with Gasteiger partial charge in [-0.15, -0.1) is 6.58 Å². The van der Waals surface area contributed by atoms with Crippen LogP contribution in [-0.2, 0) is 19.2 Å². The molecule has 0 bridgehead atoms. The first kappa shape index (κ1) is 21.9. The second-order valence-electron chi connectivity index (χ2n) is 8.86. The van der Waals surface area contributed by atoms with E-state index in [4.69, 9.17) is 9.57 Å². The van der Waals surface area contributed by atoms with Crippen molar-refractivity contribution >= 4 is 17.4 Å². The molecule has 0 aromatic heterocycles. The van der Waals surface area contributed by atoms with Crippen molar-refractivity contribution in [3.63, 3.8) is 0 Å². The molecule has 0 atom stereocenters. The van der Waals surface area contributed by atoms with Gasteiger partial charge in [0.25, 0.3) is 5.91 Å². The van der Waals surface area contributed by atoms with Crippen LogP contribution in [0.1, 0.15) is 56.9 Å². The van der Waals surface area contributed by atoms with E-state index in [0.29, 0.717) is 11.3 Å². The molecule has 1 aliphatic heterocycles. The van der Waals surface area contributed by atoms with Gasteiger partial charge in [-0.05, 0) is 72.1 Å². The fourth-order valence-corrected chi connectivity index (χ4v) is 3.41. The Balaban J connectivity index is 2.72. The first-order valence-corrected chi connectivity index (χ1v) is 9.46. The number of carbonyl (C=O) groups is 2. The van der Waals surface area contributed by atoms with E-state index in [0.717, 1.165) is 22.3 Å². The van der Waals surface area contributed by atoms with Crippen molar-refractivity contribution in [1.82, 2.24) is 5.06 Å². The number of hydroxylamine groups is 2. The van der Waals surface area contributed by atoms with E-state index in [9.17, 15) is 9.59 Å². The minimum absolute atomic E-state index is 0.175. The van der Waals surface area contributed by atoms with Gasteiger partial charge >= 0.3 is 5.97 Å². The Hall–Kier alpha value is -2.40. The standard InChI is InChI=1S/C23H31NO4/c1-10-11-27-24-20(25)18(17-15(3)12-14(2)13-16(17)4)19(23(24,8)9)28-21(26)22(5,6)7/h10,12-13H,1,11H2,2-9H3. The van der Waals surface area contributed by atoms with Crippen molar-refractivity contribution in [3.05, 3.63) is 52.8 Å². The molecular formula is C23H31NO4. The van der Waals surface area contributed by atoms with E-state index in [1.807, 2.05) is 46.8 Å². The van der Waals surface area contributed by atoms with Crippen LogP contribution in [0.15, 0.2) is 30.5 Å². The number of hydrogen-bond acceptors (Lipinski definition) is 4. The van der Waals surface area contributed by atoms with Gasteiger partial charge in [0.15, 0.2) is 0 Å². The second-order valence-corrected chi connectivity index (χ2v) is 8.86. The van der Waals surface area contributed by atoms with E-state index in [2.05, 4.69) is 6.58 Å². The number of aryl methyl sites for hydroxylation is 3. The smallest absolute Gasteiger partial charge is 0.316 e. The van der Waals surface area contributed by atoms with Gasteiger partial charge in [-0.3, -0.25) is 14.4 Å². The number of carbonyl (C=O) groups excluding carboxylic acids is 2. The van der Waals surface area contributed by atoms with Crippen LogP contribution in [0.4, 0.5) is 0 Å². The lowest BCUT2D eigenvalue weighted by Crippen LogP contribution is -2.44. The van der Waals surface area contributed by atoms with Gasteiger partial charge in [0.2, 0.25) is 0 Å². The van der Waals surface area contributed by atoms with Crippen LogP contribution < -0.4 is 0 Å². The van der Waals surface area contributed by atoms with Gasteiger partial charge in [-0.1, -0.05) is 23.8 Å². The van der Waals surface area contributed by atoms with Crippen LogP contribution in [0.3, 0.4) is 0 Å². The zero-order valence-electron chi connectivity index (χ0n) is 18.2. The summed E-state index contributed by atoms with van der Waals surface area (Å²) < 4.78 is 5.85. The zero-order valence-corrected chi connectivity index (χ0v) is 18.2. The Bertz CT molecular complexity index is 833. The molecule has 2 rings (SSSR count). The van der Waals surface area contributed by atoms with Gasteiger partial charge in [-0.2, -0.15) is 0 Å². The van der Waals surface area contributed by atoms with Crippen LogP contribution in [0.5, 0.6) is 0 Å². The van der Waals surface area contributed by atoms with Gasteiger partial charge in [0, 0.05) is 0 Å². The third-order valence-corrected chi connectivity index (χ3v) is 4.74. The first-order chi connectivity index (χ1) is 12.8. The van der Waals surface area contributed by atoms with E-state index in [-0.39, 0.29) is 12.5 Å². The third-order valence-electron chi connectivity index (χ3n) is 4.74. The molecule has 1 amide bonds. The van der Waals surface area contributed by atoms with Gasteiger partial charge in [0.05, 0.1) is 17.6 Å². The predicted molar refractivity (Wildman–Crippen MR) is 110 cm³/mol. The molecule has 0 radical (unpaired) electrons. The summed E-state index contributed by atoms with van der Waals surface area (Å²) in [5.41, 5.74) is 2.52. The molecule has 1 aliphatic rings. The van der Waals surface area contributed by atoms with Crippen molar-refractivity contribution < 1.29 is 19.2 Å². The normalized spacial score (nSPS) is 16.6. The van der Waals surface area contributed by atoms with E-state index >= 15 is 0 Å². The SMILES string of the molecule is C=CCON1C(=O)C(c2c(C)cc(C)cc2C)=C(OC(=O)C(C)(C)C)C1(C)C. The zero-order chi connectivity index (χ0) is 21.4. The molecule has 0 aliphatic carbocycles. The summed E-state index contributed by atoms with van der Waals surface area (Å²) in [6.07, 6.45) is 1.57. The minimum Gasteiger partial charge on any atom is -0.427 e. The lowest BCUT2D eigenvalue weighted by molar-refractivity contribution is -0.200. The molecule has 1 aromatic rings. The van der Waals surface area contributed by atoms with Crippen LogP contribution >= 0.6 is 0 Å². The summed E-state index contributed by atoms with van der Waals surface area (Å²) in [4.78, 5) is 31.7. The Labute approximate surface area is 168 Å². The molecule has 5 heteroatoms. The van der Waals surface area contributed by atoms with Crippen LogP contribution in [-0.4, -0.2) is 29.1 Å². The number of rotatable bonds is 5. The highest BCUT2D eigenvalue weighted by Gasteiger charge is 2.50. The van der Waals surface area contributed by atoms with Gasteiger partial charge in [0.1, 0.15) is 11.3 Å². The molecule has 152 valence electrons. The van der Waals surface area contributed by atoms with E-state index in [1.165, 1.54) is 5.06 Å². The molecule has 5 nitrogen and oxygen atoms in total. The maximum atomic E-state index is 13.4. The number of amides is 1. The topological polar surface area (TPSA) is 55.8 Å². The molecule has 0 saturated carbocycles. The lowest BCUT2D eigenvalue weighted by atomic mass is 9.91. The summed E-state index contributed by atoms with van der Waals surface area (Å²) in [5, 5.41) is 1.29. The summed E-state index contributed by atoms with van der Waals surface area (Å²) in [5.74, 6) is -0.399. The second kappa shape index (κ2) is 7.55. The third kappa shape index (κ3) is 3.90. The number of benzene rings is 1. The molecule has 0 saturated heterocycles. The fourth-order valence-electron chi connectivity index (χ4n) is 3.41. The molecular weight excluding hydrogens is 354 g/mol. The number of nitrogens with zero attached hydrogens (tertiary/aromatic N) is 1. The minimum atomic E-state index is -0.944. The molecule has 28 heavy (non-hydrogen) atoms. The molecule has 0 spiro atoms. The highest BCUT2D eigenvalue weighted by Crippen LogP contribution is 2.43. The van der Waals surface area contributed by atoms with Gasteiger partial charge < -0.3 is 4.74 Å². The molecule has 0 unspecified atom stereocenters. The van der Waals surface area contributed by atoms with Crippen molar-refractivity contribution in [2.45, 2.75) is 60.9 Å². The van der Waals surface area contributed by atoms with Crippen molar-refractivity contribution in [3.8, 4) is 0 Å². The van der Waals surface area contributed by atoms with Crippen LogP contribution in [0.25, 0.3) is 5.57 Å². The summed E-state index contributed by atoms with van der Waals surface area (Å²) in [6, 6.07) is 4.04. The predicted octanol–water partition coefficient (Wildman–Crippen LogP) is 4.65. The highest BCUT2D eigenvalue weighted by atomic mass is 16.7. The number of ether oxygens (including phenoxy) is 1. The van der Waals surface area contributed by atoms with Crippen LogP contribution in [0, 0.1) is 26.2 Å². The maximum Gasteiger partial charge on any atom is 0.316 e. The Morgan fingerprint density at radius 1 is 1.18 bits per heavy atom. The monoisotopic (exact) mass is 385 g/mol. The average Bonchev–Trinajstić information content (AvgIpc) is 2.71. The number of hydrogen-bond donors (Lipinski definition) is 0. The largest absolute Gasteiger partial charge is 0.427 e. The summed E-state index contributed by atoms with van der Waals surface area (Å²) in [7, 11) is 0. The highest BCUT2D eigenvalue weighted by molar-refractivity contribution is 6.23. The van der Waals surface area contributed by atoms with E-state index in [1.54, 1.807) is 26.8 Å². The number of esters is 1. The fraction of sp³-hybridized carbons (Fsp3) is 0.478. The van der Waals surface area contributed by atoms with Crippen molar-refractivity contribution in [2.75, 3.05) is 6.61 Å². The Morgan fingerprint density at radius 3 is 2.18 bits per heavy atom. The van der Waals surface area contributed by atoms with Crippen molar-refractivity contribution in [2.24, 2.45) is 5.41 Å². The lowest BCUT2D eigenvalue weighted by Gasteiger charge is -2.32. The average molecular weight is 386 g/mol. The quantitative estimate of drug-likeness (QED) is 0.547. The van der Waals surface area contributed by atoms with E-state index < -0.39 is 16.9 Å². The molecule has 0 fully saturated rings. The Kier molecular flexibility index (Phi) is 5.90. The molecule has 1 aromatic carbocycles. The van der Waals surface area contributed by atoms with Crippen molar-refractivity contribution in [1.29, 1.82) is 0 Å². The van der Waals surface area contributed by atoms with Gasteiger partial charge in [-0.25, -0.2) is 5.06 Å². The first-order valence-electron chi connectivity index (χ1n) is 9.46. The Morgan fingerprint density at radius 2 is 1.71 bits per heavy atom. The molecule has 1 heterocycles. The summed E-state index contributed by atoms with van der Waals surface area (Å²) in [6.45, 7) is 18.7. The van der Waals surface area contributed by atoms with Crippen LogP contribution in [0.2, 0.25) is 0 Å². The summed E-state index contributed by atoms with van der Waals surface area (Å²) >= 11 is 0. The molecule has 0 N–H and O–H groups in total.